The smallest absolute Gasteiger partial charge is 0.269 e. The van der Waals surface area contributed by atoms with E-state index < -0.39 is 0 Å². The number of piperidine rings is 1. The van der Waals surface area contributed by atoms with Gasteiger partial charge in [0.05, 0.1) is 4.92 Å². The van der Waals surface area contributed by atoms with Gasteiger partial charge < -0.3 is 5.32 Å². The van der Waals surface area contributed by atoms with Crippen LogP contribution < -0.4 is 5.32 Å². The largest absolute Gasteiger partial charge is 0.312 e. The minimum atomic E-state index is -0.322. The fraction of sp³-hybridized carbons (Fsp3) is 0.538. The number of nitro groups is 1. The third-order valence-corrected chi connectivity index (χ3v) is 3.40. The van der Waals surface area contributed by atoms with Gasteiger partial charge in [-0.25, -0.2) is 0 Å². The van der Waals surface area contributed by atoms with E-state index in [0.717, 1.165) is 18.4 Å². The summed E-state index contributed by atoms with van der Waals surface area (Å²) >= 11 is 0. The van der Waals surface area contributed by atoms with Crippen molar-refractivity contribution in [2.24, 2.45) is 0 Å². The summed E-state index contributed by atoms with van der Waals surface area (Å²) in [6, 6.07) is 8.01. The minimum Gasteiger partial charge on any atom is -0.312 e. The van der Waals surface area contributed by atoms with Gasteiger partial charge in [0, 0.05) is 24.2 Å². The van der Waals surface area contributed by atoms with Crippen LogP contribution in [0.15, 0.2) is 24.3 Å². The zero-order valence-corrected chi connectivity index (χ0v) is 10.2. The summed E-state index contributed by atoms with van der Waals surface area (Å²) in [5.74, 6) is 0.432. The zero-order valence-electron chi connectivity index (χ0n) is 10.2. The molecule has 17 heavy (non-hydrogen) atoms. The summed E-state index contributed by atoms with van der Waals surface area (Å²) in [6.07, 6.45) is 2.09. The van der Waals surface area contributed by atoms with Gasteiger partial charge in [-0.3, -0.25) is 10.1 Å². The molecule has 1 heterocycles. The SMILES string of the molecule is CC1CC(c2cccc([N+](=O)[O-])c2)CC(C)N1. The Kier molecular flexibility index (Phi) is 3.43. The summed E-state index contributed by atoms with van der Waals surface area (Å²) in [6.45, 7) is 4.33. The Hall–Kier alpha value is -1.42. The maximum Gasteiger partial charge on any atom is 0.269 e. The first-order valence-corrected chi connectivity index (χ1v) is 6.06. The first-order chi connectivity index (χ1) is 8.06. The summed E-state index contributed by atoms with van der Waals surface area (Å²) in [7, 11) is 0. The normalized spacial score (nSPS) is 28.9. The molecule has 2 rings (SSSR count). The Bertz CT molecular complexity index is 410. The first-order valence-electron chi connectivity index (χ1n) is 6.06. The Morgan fingerprint density at radius 1 is 1.29 bits per heavy atom. The van der Waals surface area contributed by atoms with Crippen LogP contribution >= 0.6 is 0 Å². The van der Waals surface area contributed by atoms with Gasteiger partial charge in [0.15, 0.2) is 0 Å². The quantitative estimate of drug-likeness (QED) is 0.632. The van der Waals surface area contributed by atoms with Gasteiger partial charge in [-0.1, -0.05) is 12.1 Å². The van der Waals surface area contributed by atoms with Crippen LogP contribution in [0.25, 0.3) is 0 Å². The van der Waals surface area contributed by atoms with Gasteiger partial charge in [0.25, 0.3) is 5.69 Å². The van der Waals surface area contributed by atoms with Gasteiger partial charge in [-0.15, -0.1) is 0 Å². The Morgan fingerprint density at radius 2 is 1.94 bits per heavy atom. The van der Waals surface area contributed by atoms with Crippen molar-refractivity contribution < 1.29 is 4.92 Å². The molecule has 1 aliphatic rings. The number of hydrogen-bond acceptors (Lipinski definition) is 3. The molecule has 0 saturated carbocycles. The molecule has 0 bridgehead atoms. The second-order valence-electron chi connectivity index (χ2n) is 4.99. The summed E-state index contributed by atoms with van der Waals surface area (Å²) in [5, 5.41) is 14.2. The van der Waals surface area contributed by atoms with Crippen LogP contribution in [0.2, 0.25) is 0 Å². The second kappa shape index (κ2) is 4.84. The van der Waals surface area contributed by atoms with Crippen molar-refractivity contribution in [3.05, 3.63) is 39.9 Å². The molecule has 2 atom stereocenters. The van der Waals surface area contributed by atoms with E-state index in [1.807, 2.05) is 6.07 Å². The van der Waals surface area contributed by atoms with Crippen LogP contribution in [0.3, 0.4) is 0 Å². The van der Waals surface area contributed by atoms with Crippen molar-refractivity contribution in [1.29, 1.82) is 0 Å². The number of nitrogens with zero attached hydrogens (tertiary/aromatic N) is 1. The molecule has 1 fully saturated rings. The first kappa shape index (κ1) is 12.0. The van der Waals surface area contributed by atoms with Crippen molar-refractivity contribution in [2.75, 3.05) is 0 Å². The number of benzene rings is 1. The van der Waals surface area contributed by atoms with E-state index in [9.17, 15) is 10.1 Å². The fourth-order valence-corrected chi connectivity index (χ4v) is 2.74. The molecule has 2 unspecified atom stereocenters. The third kappa shape index (κ3) is 2.82. The molecule has 0 amide bonds. The standard InChI is InChI=1S/C13H18N2O2/c1-9-6-12(7-10(2)14-9)11-4-3-5-13(8-11)15(16)17/h3-5,8-10,12,14H,6-7H2,1-2H3. The molecule has 1 aliphatic heterocycles. The lowest BCUT2D eigenvalue weighted by molar-refractivity contribution is -0.384. The lowest BCUT2D eigenvalue weighted by atomic mass is 9.84. The zero-order chi connectivity index (χ0) is 12.4. The number of nitro benzene ring substituents is 1. The average Bonchev–Trinajstić information content (AvgIpc) is 2.28. The summed E-state index contributed by atoms with van der Waals surface area (Å²) in [5.41, 5.74) is 1.29. The Morgan fingerprint density at radius 3 is 2.53 bits per heavy atom. The predicted octanol–water partition coefficient (Wildman–Crippen LogP) is 2.84. The topological polar surface area (TPSA) is 55.2 Å². The number of non-ortho nitro benzene ring substituents is 1. The molecule has 0 aliphatic carbocycles. The highest BCUT2D eigenvalue weighted by atomic mass is 16.6. The monoisotopic (exact) mass is 234 g/mol. The lowest BCUT2D eigenvalue weighted by Gasteiger charge is -2.33. The van der Waals surface area contributed by atoms with Gasteiger partial charge in [0.1, 0.15) is 0 Å². The molecular weight excluding hydrogens is 216 g/mol. The van der Waals surface area contributed by atoms with Gasteiger partial charge in [-0.05, 0) is 38.2 Å². The van der Waals surface area contributed by atoms with Gasteiger partial charge in [-0.2, -0.15) is 0 Å². The number of hydrogen-bond donors (Lipinski definition) is 1. The molecule has 1 N–H and O–H groups in total. The maximum absolute atomic E-state index is 10.8. The predicted molar refractivity (Wildman–Crippen MR) is 67.1 cm³/mol. The van der Waals surface area contributed by atoms with Crippen LogP contribution in [-0.4, -0.2) is 17.0 Å². The molecule has 1 aromatic rings. The van der Waals surface area contributed by atoms with E-state index in [1.165, 1.54) is 0 Å². The highest BCUT2D eigenvalue weighted by Crippen LogP contribution is 2.31. The van der Waals surface area contributed by atoms with Crippen LogP contribution in [0, 0.1) is 10.1 Å². The summed E-state index contributed by atoms with van der Waals surface area (Å²) in [4.78, 5) is 10.4. The molecule has 0 aromatic heterocycles. The molecule has 1 aromatic carbocycles. The van der Waals surface area contributed by atoms with Crippen molar-refractivity contribution in [3.8, 4) is 0 Å². The minimum absolute atomic E-state index is 0.196. The van der Waals surface area contributed by atoms with Crippen LogP contribution in [0.1, 0.15) is 38.2 Å². The molecule has 0 spiro atoms. The second-order valence-corrected chi connectivity index (χ2v) is 4.99. The van der Waals surface area contributed by atoms with Gasteiger partial charge >= 0.3 is 0 Å². The maximum atomic E-state index is 10.8. The molecule has 4 nitrogen and oxygen atoms in total. The molecular formula is C13H18N2O2. The Labute approximate surface area is 101 Å². The lowest BCUT2D eigenvalue weighted by Crippen LogP contribution is -2.41. The van der Waals surface area contributed by atoms with Crippen LogP contribution in [0.5, 0.6) is 0 Å². The van der Waals surface area contributed by atoms with E-state index in [0.29, 0.717) is 18.0 Å². The van der Waals surface area contributed by atoms with Crippen molar-refractivity contribution in [3.63, 3.8) is 0 Å². The van der Waals surface area contributed by atoms with Crippen molar-refractivity contribution in [2.45, 2.75) is 44.7 Å². The van der Waals surface area contributed by atoms with Crippen molar-refractivity contribution >= 4 is 5.69 Å². The van der Waals surface area contributed by atoms with E-state index in [-0.39, 0.29) is 10.6 Å². The summed E-state index contributed by atoms with van der Waals surface area (Å²) < 4.78 is 0. The fourth-order valence-electron chi connectivity index (χ4n) is 2.74. The van der Waals surface area contributed by atoms with Crippen molar-refractivity contribution in [1.82, 2.24) is 5.32 Å². The van der Waals surface area contributed by atoms with Crippen LogP contribution in [0.4, 0.5) is 5.69 Å². The van der Waals surface area contributed by atoms with E-state index in [4.69, 9.17) is 0 Å². The molecule has 4 heteroatoms. The third-order valence-electron chi connectivity index (χ3n) is 3.40. The van der Waals surface area contributed by atoms with Crippen LogP contribution in [-0.2, 0) is 0 Å². The highest BCUT2D eigenvalue weighted by molar-refractivity contribution is 5.36. The average molecular weight is 234 g/mol. The molecule has 0 radical (unpaired) electrons. The van der Waals surface area contributed by atoms with Gasteiger partial charge in [0.2, 0.25) is 0 Å². The number of nitrogens with one attached hydrogen (secondary N) is 1. The molecule has 92 valence electrons. The highest BCUT2D eigenvalue weighted by Gasteiger charge is 2.25. The Balaban J connectivity index is 2.21. The number of rotatable bonds is 2. The molecule has 1 saturated heterocycles. The van der Waals surface area contributed by atoms with E-state index >= 15 is 0 Å². The van der Waals surface area contributed by atoms with E-state index in [1.54, 1.807) is 18.2 Å². The van der Waals surface area contributed by atoms with E-state index in [2.05, 4.69) is 19.2 Å².